The largest absolute Gasteiger partial charge is 0.337 e. The molecule has 162 valence electrons. The lowest BCUT2D eigenvalue weighted by Gasteiger charge is -2.30. The fourth-order valence-corrected chi connectivity index (χ4v) is 4.87. The van der Waals surface area contributed by atoms with Crippen LogP contribution in [0.5, 0.6) is 0 Å². The normalized spacial score (nSPS) is 18.3. The van der Waals surface area contributed by atoms with Gasteiger partial charge in [-0.05, 0) is 44.4 Å². The van der Waals surface area contributed by atoms with Gasteiger partial charge in [0.2, 0.25) is 0 Å². The molecule has 1 aliphatic heterocycles. The van der Waals surface area contributed by atoms with Crippen LogP contribution in [0.3, 0.4) is 0 Å². The van der Waals surface area contributed by atoms with E-state index in [1.165, 1.54) is 19.3 Å². The van der Waals surface area contributed by atoms with Crippen LogP contribution >= 0.6 is 0 Å². The third kappa shape index (κ3) is 4.30. The molecule has 0 spiro atoms. The van der Waals surface area contributed by atoms with Gasteiger partial charge in [0.25, 0.3) is 11.8 Å². The summed E-state index contributed by atoms with van der Waals surface area (Å²) in [5, 5.41) is 0. The van der Waals surface area contributed by atoms with Crippen molar-refractivity contribution in [2.24, 2.45) is 0 Å². The van der Waals surface area contributed by atoms with Gasteiger partial charge in [-0.3, -0.25) is 14.5 Å². The SMILES string of the molecule is CCN(C1=C(c2ccc(C)cc2)C(=O)N(C2CCCCCCC2)C1=O)c1ccccc1. The summed E-state index contributed by atoms with van der Waals surface area (Å²) in [6, 6.07) is 17.9. The van der Waals surface area contributed by atoms with E-state index in [0.717, 1.165) is 42.5 Å². The van der Waals surface area contributed by atoms with E-state index < -0.39 is 0 Å². The van der Waals surface area contributed by atoms with Crippen molar-refractivity contribution in [2.75, 3.05) is 11.4 Å². The van der Waals surface area contributed by atoms with Crippen molar-refractivity contribution in [1.82, 2.24) is 4.90 Å². The number of carbonyl (C=O) groups excluding carboxylic acids is 2. The number of hydrogen-bond acceptors (Lipinski definition) is 3. The summed E-state index contributed by atoms with van der Waals surface area (Å²) in [7, 11) is 0. The molecule has 0 bridgehead atoms. The molecule has 4 heteroatoms. The number of aryl methyl sites for hydroxylation is 1. The van der Waals surface area contributed by atoms with Crippen LogP contribution in [0.1, 0.15) is 63.0 Å². The summed E-state index contributed by atoms with van der Waals surface area (Å²) >= 11 is 0. The highest BCUT2D eigenvalue weighted by Crippen LogP contribution is 2.37. The second-order valence-electron chi connectivity index (χ2n) is 8.65. The van der Waals surface area contributed by atoms with Crippen LogP contribution in [0.4, 0.5) is 5.69 Å². The minimum absolute atomic E-state index is 0.00673. The number of benzene rings is 2. The van der Waals surface area contributed by atoms with Crippen molar-refractivity contribution in [2.45, 2.75) is 64.8 Å². The third-order valence-corrected chi connectivity index (χ3v) is 6.52. The average molecular weight is 417 g/mol. The molecule has 0 unspecified atom stereocenters. The third-order valence-electron chi connectivity index (χ3n) is 6.52. The van der Waals surface area contributed by atoms with Crippen molar-refractivity contribution in [1.29, 1.82) is 0 Å². The van der Waals surface area contributed by atoms with Crippen LogP contribution in [-0.4, -0.2) is 29.3 Å². The molecule has 2 aliphatic rings. The lowest BCUT2D eigenvalue weighted by atomic mass is 9.95. The van der Waals surface area contributed by atoms with Crippen LogP contribution < -0.4 is 4.90 Å². The molecule has 4 nitrogen and oxygen atoms in total. The molecule has 1 saturated carbocycles. The zero-order chi connectivity index (χ0) is 21.8. The molecule has 2 amide bonds. The minimum atomic E-state index is -0.142. The lowest BCUT2D eigenvalue weighted by Crippen LogP contribution is -2.43. The Hall–Kier alpha value is -2.88. The Morgan fingerprint density at radius 1 is 0.839 bits per heavy atom. The van der Waals surface area contributed by atoms with Gasteiger partial charge in [0.05, 0.1) is 5.57 Å². The summed E-state index contributed by atoms with van der Waals surface area (Å²) in [5.41, 5.74) is 3.95. The summed E-state index contributed by atoms with van der Waals surface area (Å²) < 4.78 is 0. The Kier molecular flexibility index (Phi) is 6.55. The van der Waals surface area contributed by atoms with E-state index in [-0.39, 0.29) is 17.9 Å². The molecule has 2 aromatic carbocycles. The number of para-hydroxylation sites is 1. The number of rotatable bonds is 5. The fraction of sp³-hybridized carbons (Fsp3) is 0.407. The predicted octanol–water partition coefficient (Wildman–Crippen LogP) is 5.71. The van der Waals surface area contributed by atoms with Crippen molar-refractivity contribution >= 4 is 23.1 Å². The molecule has 0 radical (unpaired) electrons. The maximum atomic E-state index is 13.8. The molecule has 0 aromatic heterocycles. The standard InChI is InChI=1S/C27H32N2O2/c1-3-28(22-12-10-7-11-13-22)25-24(21-18-16-20(2)17-19-21)26(30)29(27(25)31)23-14-8-5-4-6-9-15-23/h7,10-13,16-19,23H,3-6,8-9,14-15H2,1-2H3. The number of hydrogen-bond donors (Lipinski definition) is 0. The van der Waals surface area contributed by atoms with Crippen LogP contribution in [0, 0.1) is 6.92 Å². The highest BCUT2D eigenvalue weighted by molar-refractivity contribution is 6.36. The lowest BCUT2D eigenvalue weighted by molar-refractivity contribution is -0.140. The van der Waals surface area contributed by atoms with Gasteiger partial charge in [0, 0.05) is 18.3 Å². The Balaban J connectivity index is 1.80. The van der Waals surface area contributed by atoms with E-state index in [2.05, 4.69) is 0 Å². The van der Waals surface area contributed by atoms with Crippen LogP contribution in [0.15, 0.2) is 60.3 Å². The van der Waals surface area contributed by atoms with Gasteiger partial charge in [-0.2, -0.15) is 0 Å². The maximum absolute atomic E-state index is 13.8. The first kappa shape index (κ1) is 21.4. The average Bonchev–Trinajstić information content (AvgIpc) is 3.01. The van der Waals surface area contributed by atoms with E-state index >= 15 is 0 Å². The maximum Gasteiger partial charge on any atom is 0.278 e. The zero-order valence-corrected chi connectivity index (χ0v) is 18.6. The summed E-state index contributed by atoms with van der Waals surface area (Å²) in [6.07, 6.45) is 7.59. The Morgan fingerprint density at radius 3 is 2.06 bits per heavy atom. The molecule has 1 heterocycles. The fourth-order valence-electron chi connectivity index (χ4n) is 4.87. The van der Waals surface area contributed by atoms with Gasteiger partial charge in [-0.25, -0.2) is 0 Å². The Bertz CT molecular complexity index is 954. The highest BCUT2D eigenvalue weighted by Gasteiger charge is 2.44. The van der Waals surface area contributed by atoms with E-state index in [0.29, 0.717) is 17.8 Å². The molecular formula is C27H32N2O2. The number of likely N-dealkylation sites (N-methyl/N-ethyl adjacent to an activating group) is 1. The second kappa shape index (κ2) is 9.51. The second-order valence-corrected chi connectivity index (χ2v) is 8.65. The van der Waals surface area contributed by atoms with Gasteiger partial charge in [-0.15, -0.1) is 0 Å². The minimum Gasteiger partial charge on any atom is -0.337 e. The number of anilines is 1. The van der Waals surface area contributed by atoms with Crippen molar-refractivity contribution in [3.05, 3.63) is 71.4 Å². The van der Waals surface area contributed by atoms with Crippen LogP contribution in [0.2, 0.25) is 0 Å². The van der Waals surface area contributed by atoms with Crippen molar-refractivity contribution in [3.63, 3.8) is 0 Å². The van der Waals surface area contributed by atoms with E-state index in [9.17, 15) is 9.59 Å². The molecule has 1 aliphatic carbocycles. The zero-order valence-electron chi connectivity index (χ0n) is 18.6. The monoisotopic (exact) mass is 416 g/mol. The van der Waals surface area contributed by atoms with Crippen molar-refractivity contribution in [3.8, 4) is 0 Å². The molecule has 4 rings (SSSR count). The van der Waals surface area contributed by atoms with Crippen molar-refractivity contribution < 1.29 is 9.59 Å². The van der Waals surface area contributed by atoms with Gasteiger partial charge in [0.15, 0.2) is 0 Å². The Morgan fingerprint density at radius 2 is 1.45 bits per heavy atom. The number of nitrogens with zero attached hydrogens (tertiary/aromatic N) is 2. The van der Waals surface area contributed by atoms with Gasteiger partial charge < -0.3 is 4.90 Å². The first-order valence-corrected chi connectivity index (χ1v) is 11.6. The molecular weight excluding hydrogens is 384 g/mol. The summed E-state index contributed by atoms with van der Waals surface area (Å²) in [5.74, 6) is -0.277. The number of carbonyl (C=O) groups is 2. The smallest absolute Gasteiger partial charge is 0.278 e. The first-order chi connectivity index (χ1) is 15.1. The van der Waals surface area contributed by atoms with E-state index in [4.69, 9.17) is 0 Å². The number of imide groups is 1. The predicted molar refractivity (Wildman–Crippen MR) is 126 cm³/mol. The molecule has 2 aromatic rings. The van der Waals surface area contributed by atoms with Gasteiger partial charge in [0.1, 0.15) is 5.70 Å². The molecule has 31 heavy (non-hydrogen) atoms. The highest BCUT2D eigenvalue weighted by atomic mass is 16.2. The molecule has 0 N–H and O–H groups in total. The van der Waals surface area contributed by atoms with Gasteiger partial charge in [-0.1, -0.05) is 80.1 Å². The Labute approximate surface area is 185 Å². The van der Waals surface area contributed by atoms with Crippen LogP contribution in [0.25, 0.3) is 5.57 Å². The van der Waals surface area contributed by atoms with E-state index in [1.807, 2.05) is 73.3 Å². The summed E-state index contributed by atoms with van der Waals surface area (Å²) in [4.78, 5) is 31.2. The first-order valence-electron chi connectivity index (χ1n) is 11.6. The van der Waals surface area contributed by atoms with E-state index in [1.54, 1.807) is 4.90 Å². The quantitative estimate of drug-likeness (QED) is 0.586. The molecule has 0 atom stereocenters. The summed E-state index contributed by atoms with van der Waals surface area (Å²) in [6.45, 7) is 4.68. The molecule has 1 fully saturated rings. The molecule has 0 saturated heterocycles. The topological polar surface area (TPSA) is 40.6 Å². The van der Waals surface area contributed by atoms with Gasteiger partial charge >= 0.3 is 0 Å². The number of amides is 2. The van der Waals surface area contributed by atoms with Crippen LogP contribution in [-0.2, 0) is 9.59 Å².